The van der Waals surface area contributed by atoms with E-state index in [1.54, 1.807) is 10.9 Å². The van der Waals surface area contributed by atoms with Gasteiger partial charge in [-0.25, -0.2) is 19.7 Å². The Morgan fingerprint density at radius 3 is 2.27 bits per heavy atom. The second-order valence-electron chi connectivity index (χ2n) is 11.1. The summed E-state index contributed by atoms with van der Waals surface area (Å²) in [6, 6.07) is 11.1. The van der Waals surface area contributed by atoms with Crippen LogP contribution in [0, 0.1) is 0 Å². The number of carbonyl (C=O) groups excluding carboxylic acids is 1. The molecular formula is C29H34N10O2. The molecule has 6 heterocycles. The maximum atomic E-state index is 12.7. The van der Waals surface area contributed by atoms with Gasteiger partial charge in [-0.2, -0.15) is 5.10 Å². The standard InChI is InChI=1S/C29H34N10O2/c1-36-11-13-38(14-12-36)25-10-7-21(15-30-25)33-29(40)32-20-5-3-19(4-6-20)26-34-27-24(16-31-37(27)2)28(35-26)39-17-22-8-9-23(18-39)41-22/h3-7,10,15-16,22-23H,8-9,11-14,17-18H2,1-2H3,(H2,32,33,40). The van der Waals surface area contributed by atoms with Crippen LogP contribution in [0.25, 0.3) is 22.4 Å². The molecule has 0 radical (unpaired) electrons. The van der Waals surface area contributed by atoms with Crippen molar-refractivity contribution in [3.05, 3.63) is 48.8 Å². The molecule has 1 aromatic carbocycles. The lowest BCUT2D eigenvalue weighted by molar-refractivity contribution is 0.0303. The van der Waals surface area contributed by atoms with Crippen molar-refractivity contribution in [1.82, 2.24) is 29.6 Å². The molecule has 3 aliphatic heterocycles. The van der Waals surface area contributed by atoms with E-state index in [-0.39, 0.29) is 18.2 Å². The van der Waals surface area contributed by atoms with E-state index in [1.165, 1.54) is 0 Å². The number of nitrogens with one attached hydrogen (secondary N) is 2. The van der Waals surface area contributed by atoms with Crippen molar-refractivity contribution >= 4 is 40.1 Å². The van der Waals surface area contributed by atoms with Crippen LogP contribution in [-0.2, 0) is 11.8 Å². The normalized spacial score (nSPS) is 20.9. The number of pyridine rings is 1. The topological polar surface area (TPSA) is 117 Å². The van der Waals surface area contributed by atoms with Crippen LogP contribution < -0.4 is 20.4 Å². The third kappa shape index (κ3) is 5.27. The average Bonchev–Trinajstić information content (AvgIpc) is 3.54. The number of rotatable bonds is 5. The van der Waals surface area contributed by atoms with Gasteiger partial charge >= 0.3 is 6.03 Å². The summed E-state index contributed by atoms with van der Waals surface area (Å²) in [5.74, 6) is 2.44. The monoisotopic (exact) mass is 554 g/mol. The number of likely N-dealkylation sites (N-methyl/N-ethyl adjacent to an activating group) is 1. The van der Waals surface area contributed by atoms with Crippen LogP contribution in [0.5, 0.6) is 0 Å². The molecule has 0 spiro atoms. The maximum absolute atomic E-state index is 12.7. The second-order valence-corrected chi connectivity index (χ2v) is 11.1. The molecule has 41 heavy (non-hydrogen) atoms. The first kappa shape index (κ1) is 25.7. The second kappa shape index (κ2) is 10.6. The number of urea groups is 1. The van der Waals surface area contributed by atoms with Crippen LogP contribution in [0.1, 0.15) is 12.8 Å². The largest absolute Gasteiger partial charge is 0.371 e. The molecule has 2 atom stereocenters. The van der Waals surface area contributed by atoms with E-state index in [0.717, 1.165) is 80.3 Å². The van der Waals surface area contributed by atoms with Crippen molar-refractivity contribution < 1.29 is 9.53 Å². The molecule has 12 nitrogen and oxygen atoms in total. The molecule has 2 amide bonds. The molecule has 3 aliphatic rings. The first-order valence-electron chi connectivity index (χ1n) is 14.2. The van der Waals surface area contributed by atoms with Gasteiger partial charge in [-0.1, -0.05) is 0 Å². The van der Waals surface area contributed by atoms with Gasteiger partial charge in [0, 0.05) is 57.6 Å². The summed E-state index contributed by atoms with van der Waals surface area (Å²) < 4.78 is 7.83. The molecular weight excluding hydrogens is 520 g/mol. The first-order valence-corrected chi connectivity index (χ1v) is 14.2. The van der Waals surface area contributed by atoms with Crippen LogP contribution in [0.15, 0.2) is 48.8 Å². The minimum atomic E-state index is -0.330. The lowest BCUT2D eigenvalue weighted by atomic mass is 10.2. The van der Waals surface area contributed by atoms with E-state index in [4.69, 9.17) is 14.7 Å². The summed E-state index contributed by atoms with van der Waals surface area (Å²) >= 11 is 0. The number of aromatic nitrogens is 5. The molecule has 4 aromatic rings. The van der Waals surface area contributed by atoms with Gasteiger partial charge in [-0.15, -0.1) is 0 Å². The summed E-state index contributed by atoms with van der Waals surface area (Å²) in [4.78, 5) is 33.9. The number of ether oxygens (including phenoxy) is 1. The Morgan fingerprint density at radius 1 is 0.854 bits per heavy atom. The zero-order valence-electron chi connectivity index (χ0n) is 23.3. The first-order chi connectivity index (χ1) is 20.0. The zero-order chi connectivity index (χ0) is 27.9. The molecule has 2 bridgehead atoms. The summed E-state index contributed by atoms with van der Waals surface area (Å²) in [5, 5.41) is 11.1. The zero-order valence-corrected chi connectivity index (χ0v) is 23.3. The van der Waals surface area contributed by atoms with Gasteiger partial charge < -0.3 is 30.1 Å². The fourth-order valence-electron chi connectivity index (χ4n) is 5.84. The number of piperazine rings is 1. The van der Waals surface area contributed by atoms with Crippen LogP contribution in [0.3, 0.4) is 0 Å². The number of nitrogens with zero attached hydrogens (tertiary/aromatic N) is 8. The highest BCUT2D eigenvalue weighted by molar-refractivity contribution is 5.99. The lowest BCUT2D eigenvalue weighted by Crippen LogP contribution is -2.44. The summed E-state index contributed by atoms with van der Waals surface area (Å²) in [5.41, 5.74) is 2.96. The number of hydrogen-bond donors (Lipinski definition) is 2. The fourth-order valence-corrected chi connectivity index (χ4v) is 5.84. The van der Waals surface area contributed by atoms with Gasteiger partial charge in [0.25, 0.3) is 0 Å². The maximum Gasteiger partial charge on any atom is 0.323 e. The predicted octanol–water partition coefficient (Wildman–Crippen LogP) is 3.19. The van der Waals surface area contributed by atoms with Crippen LogP contribution in [0.2, 0.25) is 0 Å². The van der Waals surface area contributed by atoms with Gasteiger partial charge in [-0.3, -0.25) is 4.68 Å². The minimum Gasteiger partial charge on any atom is -0.371 e. The van der Waals surface area contributed by atoms with Crippen molar-refractivity contribution in [2.24, 2.45) is 7.05 Å². The minimum absolute atomic E-state index is 0.251. The van der Waals surface area contributed by atoms with Gasteiger partial charge in [-0.05, 0) is 56.3 Å². The van der Waals surface area contributed by atoms with Crippen molar-refractivity contribution in [2.75, 3.05) is 66.7 Å². The third-order valence-corrected chi connectivity index (χ3v) is 8.15. The highest BCUT2D eigenvalue weighted by Gasteiger charge is 2.35. The Hall–Kier alpha value is -4.29. The van der Waals surface area contributed by atoms with Gasteiger partial charge in [0.2, 0.25) is 0 Å². The average molecular weight is 555 g/mol. The Kier molecular flexibility index (Phi) is 6.63. The van der Waals surface area contributed by atoms with E-state index >= 15 is 0 Å². The van der Waals surface area contributed by atoms with Crippen LogP contribution in [0.4, 0.5) is 27.8 Å². The summed E-state index contributed by atoms with van der Waals surface area (Å²) in [7, 11) is 4.02. The number of fused-ring (bicyclic) bond motifs is 3. The number of benzene rings is 1. The van der Waals surface area contributed by atoms with Gasteiger partial charge in [0.05, 0.1) is 35.7 Å². The molecule has 0 saturated carbocycles. The Labute approximate surface area is 238 Å². The summed E-state index contributed by atoms with van der Waals surface area (Å²) in [6.45, 7) is 5.57. The highest BCUT2D eigenvalue weighted by Crippen LogP contribution is 2.33. The quantitative estimate of drug-likeness (QED) is 0.384. The highest BCUT2D eigenvalue weighted by atomic mass is 16.5. The number of aryl methyl sites for hydroxylation is 1. The Morgan fingerprint density at radius 2 is 1.56 bits per heavy atom. The lowest BCUT2D eigenvalue weighted by Gasteiger charge is -2.33. The number of carbonyl (C=O) groups is 1. The van der Waals surface area contributed by atoms with E-state index in [2.05, 4.69) is 42.5 Å². The molecule has 3 saturated heterocycles. The molecule has 0 aliphatic carbocycles. The number of anilines is 4. The Bertz CT molecular complexity index is 1530. The fraction of sp³-hybridized carbons (Fsp3) is 0.414. The van der Waals surface area contributed by atoms with E-state index in [1.807, 2.05) is 49.6 Å². The van der Waals surface area contributed by atoms with Gasteiger partial charge in [0.15, 0.2) is 11.5 Å². The van der Waals surface area contributed by atoms with Crippen molar-refractivity contribution in [1.29, 1.82) is 0 Å². The SMILES string of the molecule is CN1CCN(c2ccc(NC(=O)Nc3ccc(-c4nc(N5CC6CCC(C5)O6)c5cnn(C)c5n4)cc3)cn2)CC1. The molecule has 2 N–H and O–H groups in total. The van der Waals surface area contributed by atoms with E-state index in [0.29, 0.717) is 17.2 Å². The molecule has 7 rings (SSSR count). The third-order valence-electron chi connectivity index (χ3n) is 8.15. The van der Waals surface area contributed by atoms with Crippen molar-refractivity contribution in [3.8, 4) is 11.4 Å². The summed E-state index contributed by atoms with van der Waals surface area (Å²) in [6.07, 6.45) is 6.22. The number of morpholine rings is 1. The van der Waals surface area contributed by atoms with E-state index in [9.17, 15) is 4.79 Å². The van der Waals surface area contributed by atoms with Crippen molar-refractivity contribution in [3.63, 3.8) is 0 Å². The molecule has 2 unspecified atom stereocenters. The predicted molar refractivity (Wildman–Crippen MR) is 158 cm³/mol. The van der Waals surface area contributed by atoms with Crippen LogP contribution >= 0.6 is 0 Å². The number of amides is 2. The van der Waals surface area contributed by atoms with Crippen molar-refractivity contribution in [2.45, 2.75) is 25.0 Å². The van der Waals surface area contributed by atoms with Crippen LogP contribution in [-0.4, -0.2) is 94.2 Å². The molecule has 3 fully saturated rings. The molecule has 12 heteroatoms. The van der Waals surface area contributed by atoms with E-state index < -0.39 is 0 Å². The Balaban J connectivity index is 1.03. The molecule has 212 valence electrons. The number of hydrogen-bond acceptors (Lipinski definition) is 9. The van der Waals surface area contributed by atoms with Gasteiger partial charge in [0.1, 0.15) is 11.6 Å². The molecule has 3 aromatic heterocycles. The smallest absolute Gasteiger partial charge is 0.323 e.